The molecule has 1 heterocycles. The maximum absolute atomic E-state index is 12.3. The van der Waals surface area contributed by atoms with Crippen molar-refractivity contribution < 1.29 is 0 Å². The van der Waals surface area contributed by atoms with Gasteiger partial charge in [-0.25, -0.2) is 0 Å². The zero-order chi connectivity index (χ0) is 17.9. The van der Waals surface area contributed by atoms with E-state index in [1.165, 1.54) is 38.5 Å². The van der Waals surface area contributed by atoms with E-state index < -0.39 is 0 Å². The molecule has 0 N–H and O–H groups in total. The van der Waals surface area contributed by atoms with E-state index in [1.807, 2.05) is 24.3 Å². The summed E-state index contributed by atoms with van der Waals surface area (Å²) in [6.07, 6.45) is 10.6. The summed E-state index contributed by atoms with van der Waals surface area (Å²) in [4.78, 5) is 12.3. The van der Waals surface area contributed by atoms with Gasteiger partial charge in [-0.05, 0) is 31.9 Å². The van der Waals surface area contributed by atoms with E-state index in [-0.39, 0.29) is 5.43 Å². The lowest BCUT2D eigenvalue weighted by Gasteiger charge is -2.14. The molecule has 0 aliphatic heterocycles. The quantitative estimate of drug-likeness (QED) is 0.424. The van der Waals surface area contributed by atoms with E-state index in [4.69, 9.17) is 0 Å². The number of aryl methyl sites for hydroxylation is 2. The van der Waals surface area contributed by atoms with Crippen molar-refractivity contribution in [3.8, 4) is 11.8 Å². The number of hydrogen-bond donors (Lipinski definition) is 0. The normalized spacial score (nSPS) is 10.6. The third-order valence-electron chi connectivity index (χ3n) is 4.71. The number of unbranched alkanes of at least 4 members (excludes halogenated alkanes) is 6. The van der Waals surface area contributed by atoms with E-state index in [0.717, 1.165) is 42.4 Å². The van der Waals surface area contributed by atoms with Gasteiger partial charge in [0.1, 0.15) is 0 Å². The molecule has 0 radical (unpaired) electrons. The minimum absolute atomic E-state index is 0.121. The van der Waals surface area contributed by atoms with Crippen LogP contribution in [0.3, 0.4) is 0 Å². The Labute approximate surface area is 152 Å². The molecule has 1 aromatic carbocycles. The minimum atomic E-state index is 0.121. The molecule has 2 rings (SSSR count). The maximum atomic E-state index is 12.3. The molecular formula is C23H31NO. The Morgan fingerprint density at radius 3 is 2.44 bits per heavy atom. The molecule has 0 fully saturated rings. The number of pyridine rings is 1. The third kappa shape index (κ3) is 5.78. The molecule has 25 heavy (non-hydrogen) atoms. The van der Waals surface area contributed by atoms with Crippen molar-refractivity contribution in [2.24, 2.45) is 0 Å². The van der Waals surface area contributed by atoms with Crippen LogP contribution in [0.1, 0.15) is 70.9 Å². The van der Waals surface area contributed by atoms with Crippen LogP contribution in [0.25, 0.3) is 10.9 Å². The van der Waals surface area contributed by atoms with Gasteiger partial charge in [0.05, 0.1) is 5.52 Å². The minimum Gasteiger partial charge on any atom is -0.345 e. The standard InChI is InChI=1S/C23H31NO/c1-3-5-6-7-8-9-10-11-12-13-16-20-19-23(25)21-17-14-15-18-22(21)24(20)4-2/h14-15,17-19H,3-10,13,16H2,1-2H3. The van der Waals surface area contributed by atoms with Gasteiger partial charge in [0, 0.05) is 36.5 Å². The Morgan fingerprint density at radius 1 is 0.920 bits per heavy atom. The number of fused-ring (bicyclic) bond motifs is 1. The maximum Gasteiger partial charge on any atom is 0.189 e. The van der Waals surface area contributed by atoms with Crippen LogP contribution in [0, 0.1) is 11.8 Å². The Balaban J connectivity index is 1.87. The molecule has 1 aromatic heterocycles. The van der Waals surface area contributed by atoms with Gasteiger partial charge in [-0.1, -0.05) is 51.2 Å². The van der Waals surface area contributed by atoms with Crippen LogP contribution < -0.4 is 5.43 Å². The van der Waals surface area contributed by atoms with Crippen LogP contribution in [-0.4, -0.2) is 4.57 Å². The Morgan fingerprint density at radius 2 is 1.64 bits per heavy atom. The lowest BCUT2D eigenvalue weighted by atomic mass is 10.1. The molecule has 0 amide bonds. The van der Waals surface area contributed by atoms with E-state index in [9.17, 15) is 4.79 Å². The monoisotopic (exact) mass is 337 g/mol. The van der Waals surface area contributed by atoms with Gasteiger partial charge >= 0.3 is 0 Å². The van der Waals surface area contributed by atoms with Gasteiger partial charge in [0.25, 0.3) is 0 Å². The van der Waals surface area contributed by atoms with Gasteiger partial charge in [0.2, 0.25) is 0 Å². The average molecular weight is 338 g/mol. The Kier molecular flexibility index (Phi) is 8.32. The SMILES string of the molecule is CCCCCCCCC#CCCc1cc(=O)c2ccccc2n1CC. The van der Waals surface area contributed by atoms with Gasteiger partial charge < -0.3 is 4.57 Å². The molecule has 2 nitrogen and oxygen atoms in total. The Hall–Kier alpha value is -2.01. The molecule has 0 saturated heterocycles. The van der Waals surface area contributed by atoms with Crippen LogP contribution in [-0.2, 0) is 13.0 Å². The first-order valence-corrected chi connectivity index (χ1v) is 9.85. The average Bonchev–Trinajstić information content (AvgIpc) is 2.63. The fourth-order valence-electron chi connectivity index (χ4n) is 3.32. The van der Waals surface area contributed by atoms with Crippen LogP contribution in [0.4, 0.5) is 0 Å². The van der Waals surface area contributed by atoms with E-state index in [2.05, 4.69) is 30.3 Å². The first-order chi connectivity index (χ1) is 12.3. The van der Waals surface area contributed by atoms with Crippen LogP contribution in [0.2, 0.25) is 0 Å². The van der Waals surface area contributed by atoms with Crippen molar-refractivity contribution in [3.05, 3.63) is 46.2 Å². The number of hydrogen-bond acceptors (Lipinski definition) is 1. The highest BCUT2D eigenvalue weighted by Gasteiger charge is 2.06. The van der Waals surface area contributed by atoms with Gasteiger partial charge in [0.15, 0.2) is 5.43 Å². The van der Waals surface area contributed by atoms with Crippen molar-refractivity contribution in [3.63, 3.8) is 0 Å². The molecule has 0 aliphatic carbocycles. The van der Waals surface area contributed by atoms with Crippen molar-refractivity contribution >= 4 is 10.9 Å². The topological polar surface area (TPSA) is 22.0 Å². The molecule has 0 aliphatic rings. The molecule has 134 valence electrons. The summed E-state index contributed by atoms with van der Waals surface area (Å²) in [7, 11) is 0. The largest absolute Gasteiger partial charge is 0.345 e. The van der Waals surface area contributed by atoms with E-state index >= 15 is 0 Å². The second-order valence-electron chi connectivity index (χ2n) is 6.63. The number of aromatic nitrogens is 1. The van der Waals surface area contributed by atoms with E-state index in [0.29, 0.717) is 0 Å². The first kappa shape index (κ1) is 19.3. The number of para-hydroxylation sites is 1. The third-order valence-corrected chi connectivity index (χ3v) is 4.71. The molecule has 0 saturated carbocycles. The van der Waals surface area contributed by atoms with Crippen LogP contribution >= 0.6 is 0 Å². The lowest BCUT2D eigenvalue weighted by Crippen LogP contribution is -2.13. The van der Waals surface area contributed by atoms with Crippen molar-refractivity contribution in [2.75, 3.05) is 0 Å². The second kappa shape index (κ2) is 10.8. The molecule has 0 spiro atoms. The van der Waals surface area contributed by atoms with Crippen molar-refractivity contribution in [1.82, 2.24) is 4.57 Å². The predicted molar refractivity (Wildman–Crippen MR) is 108 cm³/mol. The zero-order valence-electron chi connectivity index (χ0n) is 15.8. The fourth-order valence-corrected chi connectivity index (χ4v) is 3.32. The number of nitrogens with zero attached hydrogens (tertiary/aromatic N) is 1. The highest BCUT2D eigenvalue weighted by molar-refractivity contribution is 5.79. The molecule has 2 heteroatoms. The summed E-state index contributed by atoms with van der Waals surface area (Å²) in [5, 5.41) is 0.808. The predicted octanol–water partition coefficient (Wildman–Crippen LogP) is 5.71. The highest BCUT2D eigenvalue weighted by atomic mass is 16.1. The highest BCUT2D eigenvalue weighted by Crippen LogP contribution is 2.14. The molecule has 0 unspecified atom stereocenters. The fraction of sp³-hybridized carbons (Fsp3) is 0.522. The summed E-state index contributed by atoms with van der Waals surface area (Å²) < 4.78 is 2.24. The molecule has 2 aromatic rings. The summed E-state index contributed by atoms with van der Waals surface area (Å²) in [6, 6.07) is 9.66. The van der Waals surface area contributed by atoms with Gasteiger partial charge in [-0.15, -0.1) is 11.8 Å². The first-order valence-electron chi connectivity index (χ1n) is 9.85. The lowest BCUT2D eigenvalue weighted by molar-refractivity contribution is 0.614. The summed E-state index contributed by atoms with van der Waals surface area (Å²) in [5.41, 5.74) is 2.25. The second-order valence-corrected chi connectivity index (χ2v) is 6.63. The molecular weight excluding hydrogens is 306 g/mol. The van der Waals surface area contributed by atoms with Gasteiger partial charge in [-0.3, -0.25) is 4.79 Å². The molecule has 0 atom stereocenters. The van der Waals surface area contributed by atoms with Crippen LogP contribution in [0.15, 0.2) is 35.1 Å². The van der Waals surface area contributed by atoms with Crippen molar-refractivity contribution in [1.29, 1.82) is 0 Å². The molecule has 0 bridgehead atoms. The zero-order valence-corrected chi connectivity index (χ0v) is 15.8. The van der Waals surface area contributed by atoms with Gasteiger partial charge in [-0.2, -0.15) is 0 Å². The van der Waals surface area contributed by atoms with Crippen LogP contribution in [0.5, 0.6) is 0 Å². The number of rotatable bonds is 9. The Bertz CT molecular complexity index is 776. The smallest absolute Gasteiger partial charge is 0.189 e. The van der Waals surface area contributed by atoms with Crippen molar-refractivity contribution in [2.45, 2.75) is 78.2 Å². The summed E-state index contributed by atoms with van der Waals surface area (Å²) >= 11 is 0. The summed E-state index contributed by atoms with van der Waals surface area (Å²) in [6.45, 7) is 5.25. The summed E-state index contributed by atoms with van der Waals surface area (Å²) in [5.74, 6) is 6.59. The number of benzene rings is 1. The van der Waals surface area contributed by atoms with E-state index in [1.54, 1.807) is 6.07 Å².